The first-order chi connectivity index (χ1) is 11.8. The molecule has 2 rings (SSSR count). The highest BCUT2D eigenvalue weighted by Crippen LogP contribution is 2.17. The minimum Gasteiger partial charge on any atom is -0.461 e. The number of carbonyl (C=O) groups is 1. The van der Waals surface area contributed by atoms with Gasteiger partial charge in [0.2, 0.25) is 9.84 Å². The molecule has 2 aromatic rings. The molecule has 0 fully saturated rings. The number of rotatable bonds is 4. The normalized spacial score (nSPS) is 11.9. The zero-order valence-electron chi connectivity index (χ0n) is 13.7. The number of hydrazone groups is 1. The summed E-state index contributed by atoms with van der Waals surface area (Å²) in [5, 5.41) is 3.58. The van der Waals surface area contributed by atoms with Gasteiger partial charge in [0.25, 0.3) is 5.04 Å². The van der Waals surface area contributed by atoms with Crippen LogP contribution >= 0.6 is 11.6 Å². The Bertz CT molecular complexity index is 876. The molecule has 0 bridgehead atoms. The first-order valence-electron chi connectivity index (χ1n) is 7.42. The molecule has 0 aliphatic carbocycles. The minimum absolute atomic E-state index is 0.0300. The van der Waals surface area contributed by atoms with Crippen molar-refractivity contribution in [2.24, 2.45) is 5.10 Å². The Balaban J connectivity index is 2.40. The van der Waals surface area contributed by atoms with Crippen LogP contribution in [0.1, 0.15) is 12.5 Å². The minimum atomic E-state index is -4.13. The highest BCUT2D eigenvalue weighted by Gasteiger charge is 2.30. The van der Waals surface area contributed by atoms with E-state index in [4.69, 9.17) is 16.3 Å². The van der Waals surface area contributed by atoms with E-state index in [1.807, 2.05) is 6.92 Å². The summed E-state index contributed by atoms with van der Waals surface area (Å²) < 4.78 is 30.3. The van der Waals surface area contributed by atoms with Gasteiger partial charge in [0, 0.05) is 5.02 Å². The van der Waals surface area contributed by atoms with Crippen molar-refractivity contribution < 1.29 is 17.9 Å². The largest absolute Gasteiger partial charge is 0.461 e. The third-order valence-electron chi connectivity index (χ3n) is 3.17. The number of hydrogen-bond acceptors (Lipinski definition) is 6. The number of nitrogens with zero attached hydrogens (tertiary/aromatic N) is 1. The molecule has 0 saturated carbocycles. The number of sulfone groups is 1. The zero-order valence-corrected chi connectivity index (χ0v) is 15.3. The molecule has 0 aliphatic rings. The molecule has 6 nitrogen and oxygen atoms in total. The Hall–Kier alpha value is -2.38. The summed E-state index contributed by atoms with van der Waals surface area (Å²) in [6, 6.07) is 12.5. The summed E-state index contributed by atoms with van der Waals surface area (Å²) in [7, 11) is -4.13. The molecular weight excluding hydrogens is 364 g/mol. The summed E-state index contributed by atoms with van der Waals surface area (Å²) >= 11 is 5.80. The summed E-state index contributed by atoms with van der Waals surface area (Å²) in [6.07, 6.45) is 0. The maximum Gasteiger partial charge on any atom is 0.371 e. The third-order valence-corrected chi connectivity index (χ3v) is 5.08. The SMILES string of the molecule is CCOC(=O)/C(=N/Nc1ccc(Cl)cc1)S(=O)(=O)c1ccc(C)cc1. The molecule has 0 aromatic heterocycles. The predicted molar refractivity (Wildman–Crippen MR) is 97.5 cm³/mol. The van der Waals surface area contributed by atoms with Gasteiger partial charge in [-0.2, -0.15) is 5.10 Å². The van der Waals surface area contributed by atoms with Crippen molar-refractivity contribution in [3.8, 4) is 0 Å². The Labute approximate surface area is 151 Å². The molecule has 0 saturated heterocycles. The van der Waals surface area contributed by atoms with Gasteiger partial charge in [0.05, 0.1) is 17.2 Å². The van der Waals surface area contributed by atoms with E-state index < -0.39 is 20.9 Å². The summed E-state index contributed by atoms with van der Waals surface area (Å²) in [5.41, 5.74) is 3.92. The maximum absolute atomic E-state index is 12.7. The van der Waals surface area contributed by atoms with Crippen LogP contribution in [-0.4, -0.2) is 26.0 Å². The van der Waals surface area contributed by atoms with Crippen LogP contribution in [0.25, 0.3) is 0 Å². The number of nitrogens with one attached hydrogen (secondary N) is 1. The van der Waals surface area contributed by atoms with Crippen molar-refractivity contribution in [3.63, 3.8) is 0 Å². The van der Waals surface area contributed by atoms with Gasteiger partial charge >= 0.3 is 5.97 Å². The van der Waals surface area contributed by atoms with Gasteiger partial charge in [-0.15, -0.1) is 0 Å². The fraction of sp³-hybridized carbons (Fsp3) is 0.176. The fourth-order valence-electron chi connectivity index (χ4n) is 1.88. The lowest BCUT2D eigenvalue weighted by atomic mass is 10.2. The smallest absolute Gasteiger partial charge is 0.371 e. The van der Waals surface area contributed by atoms with Gasteiger partial charge in [0.15, 0.2) is 0 Å². The number of benzene rings is 2. The van der Waals surface area contributed by atoms with Crippen molar-refractivity contribution in [3.05, 3.63) is 59.1 Å². The number of esters is 1. The highest BCUT2D eigenvalue weighted by atomic mass is 35.5. The van der Waals surface area contributed by atoms with E-state index in [2.05, 4.69) is 10.5 Å². The number of carbonyl (C=O) groups excluding carboxylic acids is 1. The molecule has 0 amide bonds. The molecule has 0 spiro atoms. The van der Waals surface area contributed by atoms with E-state index in [0.29, 0.717) is 10.7 Å². The average molecular weight is 381 g/mol. The molecule has 25 heavy (non-hydrogen) atoms. The molecule has 0 radical (unpaired) electrons. The molecule has 1 N–H and O–H groups in total. The fourth-order valence-corrected chi connectivity index (χ4v) is 3.16. The molecular formula is C17H17ClN2O4S. The van der Waals surface area contributed by atoms with Gasteiger partial charge in [-0.05, 0) is 50.2 Å². The van der Waals surface area contributed by atoms with Crippen LogP contribution in [0, 0.1) is 6.92 Å². The first-order valence-corrected chi connectivity index (χ1v) is 9.29. The molecule has 0 heterocycles. The van der Waals surface area contributed by atoms with Crippen molar-refractivity contribution in [1.29, 1.82) is 0 Å². The predicted octanol–water partition coefficient (Wildman–Crippen LogP) is 3.41. The molecule has 0 aliphatic heterocycles. The monoisotopic (exact) mass is 380 g/mol. The molecule has 132 valence electrons. The summed E-state index contributed by atoms with van der Waals surface area (Å²) in [6.45, 7) is 3.45. The van der Waals surface area contributed by atoms with Crippen molar-refractivity contribution in [2.75, 3.05) is 12.0 Å². The van der Waals surface area contributed by atoms with Crippen molar-refractivity contribution >= 4 is 38.1 Å². The molecule has 8 heteroatoms. The quantitative estimate of drug-likeness (QED) is 0.380. The highest BCUT2D eigenvalue weighted by molar-refractivity contribution is 8.08. The average Bonchev–Trinajstić information content (AvgIpc) is 2.57. The first kappa shape index (κ1) is 19.0. The maximum atomic E-state index is 12.7. The molecule has 2 aromatic carbocycles. The van der Waals surface area contributed by atoms with Gasteiger partial charge in [-0.1, -0.05) is 29.3 Å². The summed E-state index contributed by atoms with van der Waals surface area (Å²) in [5.74, 6) is -1.02. The van der Waals surface area contributed by atoms with Gasteiger partial charge in [0.1, 0.15) is 0 Å². The zero-order chi connectivity index (χ0) is 18.4. The van der Waals surface area contributed by atoms with Gasteiger partial charge < -0.3 is 4.74 Å². The Kier molecular flexibility index (Phi) is 6.17. The number of halogens is 1. The van der Waals surface area contributed by atoms with E-state index in [9.17, 15) is 13.2 Å². The lowest BCUT2D eigenvalue weighted by Gasteiger charge is -2.09. The standard InChI is InChI=1S/C17H17ClN2O4S/c1-3-24-17(21)16(20-19-14-8-6-13(18)7-9-14)25(22,23)15-10-4-12(2)5-11-15/h4-11,19H,3H2,1-2H3/b20-16-. The van der Waals surface area contributed by atoms with E-state index in [1.165, 1.54) is 12.1 Å². The van der Waals surface area contributed by atoms with Crippen molar-refractivity contribution in [1.82, 2.24) is 0 Å². The van der Waals surface area contributed by atoms with Crippen LogP contribution < -0.4 is 5.43 Å². The Morgan fingerprint density at radius 2 is 1.72 bits per heavy atom. The van der Waals surface area contributed by atoms with E-state index in [1.54, 1.807) is 43.3 Å². The van der Waals surface area contributed by atoms with Crippen LogP contribution in [0.2, 0.25) is 5.02 Å². The Morgan fingerprint density at radius 1 is 1.12 bits per heavy atom. The third kappa shape index (κ3) is 4.80. The second kappa shape index (κ2) is 8.13. The van der Waals surface area contributed by atoms with Gasteiger partial charge in [-0.3, -0.25) is 5.43 Å². The molecule has 0 atom stereocenters. The van der Waals surface area contributed by atoms with E-state index in [0.717, 1.165) is 5.56 Å². The summed E-state index contributed by atoms with van der Waals surface area (Å²) in [4.78, 5) is 12.1. The van der Waals surface area contributed by atoms with Crippen LogP contribution in [0.3, 0.4) is 0 Å². The number of ether oxygens (including phenoxy) is 1. The number of aryl methyl sites for hydroxylation is 1. The lowest BCUT2D eigenvalue weighted by Crippen LogP contribution is -2.28. The van der Waals surface area contributed by atoms with Gasteiger partial charge in [-0.25, -0.2) is 13.2 Å². The molecule has 0 unspecified atom stereocenters. The van der Waals surface area contributed by atoms with Crippen LogP contribution in [0.4, 0.5) is 5.69 Å². The van der Waals surface area contributed by atoms with Crippen LogP contribution in [0.15, 0.2) is 58.5 Å². The second-order valence-electron chi connectivity index (χ2n) is 5.07. The number of hydrogen-bond donors (Lipinski definition) is 1. The Morgan fingerprint density at radius 3 is 2.28 bits per heavy atom. The second-order valence-corrected chi connectivity index (χ2v) is 7.37. The topological polar surface area (TPSA) is 84.8 Å². The number of anilines is 1. The van der Waals surface area contributed by atoms with E-state index >= 15 is 0 Å². The van der Waals surface area contributed by atoms with Crippen LogP contribution in [-0.2, 0) is 19.4 Å². The van der Waals surface area contributed by atoms with E-state index in [-0.39, 0.29) is 11.5 Å². The van der Waals surface area contributed by atoms with Crippen molar-refractivity contribution in [2.45, 2.75) is 18.7 Å². The van der Waals surface area contributed by atoms with Crippen LogP contribution in [0.5, 0.6) is 0 Å². The lowest BCUT2D eigenvalue weighted by molar-refractivity contribution is -0.134.